The van der Waals surface area contributed by atoms with E-state index in [0.717, 1.165) is 46.7 Å². The van der Waals surface area contributed by atoms with Crippen LogP contribution in [0.2, 0.25) is 0 Å². The Hall–Kier alpha value is -1.97. The number of hydrogen-bond acceptors (Lipinski definition) is 4. The molecule has 0 bridgehead atoms. The first-order valence-electron chi connectivity index (χ1n) is 6.73. The summed E-state index contributed by atoms with van der Waals surface area (Å²) in [5, 5.41) is 4.46. The first kappa shape index (κ1) is 12.1. The van der Waals surface area contributed by atoms with Gasteiger partial charge in [-0.15, -0.1) is 0 Å². The molecule has 100 valence electrons. The molecule has 0 aliphatic carbocycles. The maximum absolute atomic E-state index is 5.74. The van der Waals surface area contributed by atoms with E-state index in [9.17, 15) is 0 Å². The third kappa shape index (κ3) is 2.30. The third-order valence-corrected chi connectivity index (χ3v) is 3.17. The average molecular weight is 258 g/mol. The van der Waals surface area contributed by atoms with Gasteiger partial charge in [0.15, 0.2) is 11.5 Å². The van der Waals surface area contributed by atoms with E-state index < -0.39 is 0 Å². The zero-order valence-electron chi connectivity index (χ0n) is 11.3. The summed E-state index contributed by atoms with van der Waals surface area (Å²) in [6, 6.07) is 6.07. The molecule has 0 saturated heterocycles. The van der Waals surface area contributed by atoms with Gasteiger partial charge in [-0.2, -0.15) is 0 Å². The van der Waals surface area contributed by atoms with Crippen molar-refractivity contribution in [2.24, 2.45) is 0 Å². The van der Waals surface area contributed by atoms with E-state index in [4.69, 9.17) is 9.47 Å². The van der Waals surface area contributed by atoms with E-state index in [1.165, 1.54) is 0 Å². The highest BCUT2D eigenvalue weighted by atomic mass is 16.5. The molecular weight excluding hydrogens is 240 g/mol. The average Bonchev–Trinajstić information content (AvgIpc) is 2.61. The van der Waals surface area contributed by atoms with Crippen molar-refractivity contribution < 1.29 is 9.47 Å². The molecule has 1 aromatic carbocycles. The maximum atomic E-state index is 5.74. The van der Waals surface area contributed by atoms with E-state index in [1.54, 1.807) is 0 Å². The second kappa shape index (κ2) is 4.96. The zero-order valence-corrected chi connectivity index (χ0v) is 11.3. The maximum Gasteiger partial charge on any atom is 0.163 e. The molecular formula is C15H18N2O2. The number of hydrogen-bond donors (Lipinski definition) is 1. The summed E-state index contributed by atoms with van der Waals surface area (Å²) in [6.45, 7) is 6.37. The van der Waals surface area contributed by atoms with E-state index in [1.807, 2.05) is 19.1 Å². The predicted molar refractivity (Wildman–Crippen MR) is 76.3 cm³/mol. The molecule has 1 N–H and O–H groups in total. The van der Waals surface area contributed by atoms with Crippen molar-refractivity contribution in [1.29, 1.82) is 0 Å². The summed E-state index contributed by atoms with van der Waals surface area (Å²) in [6.07, 6.45) is 0.914. The van der Waals surface area contributed by atoms with Gasteiger partial charge in [0.2, 0.25) is 0 Å². The minimum absolute atomic E-state index is 0.699. The van der Waals surface area contributed by atoms with Crippen LogP contribution in [0.15, 0.2) is 18.2 Å². The number of nitrogens with one attached hydrogen (secondary N) is 1. The Morgan fingerprint density at radius 3 is 2.63 bits per heavy atom. The van der Waals surface area contributed by atoms with Gasteiger partial charge in [0.05, 0.1) is 18.7 Å². The van der Waals surface area contributed by atoms with Crippen LogP contribution in [-0.2, 0) is 0 Å². The van der Waals surface area contributed by atoms with Crippen molar-refractivity contribution in [2.75, 3.05) is 25.1 Å². The Bertz CT molecular complexity index is 611. The molecule has 3 rings (SSSR count). The summed E-state index contributed by atoms with van der Waals surface area (Å²) in [5.74, 6) is 1.61. The van der Waals surface area contributed by atoms with Crippen LogP contribution >= 0.6 is 0 Å². The van der Waals surface area contributed by atoms with Crippen LogP contribution in [0.3, 0.4) is 0 Å². The quantitative estimate of drug-likeness (QED) is 0.898. The summed E-state index contributed by atoms with van der Waals surface area (Å²) >= 11 is 0. The minimum Gasteiger partial charge on any atom is -0.490 e. The highest BCUT2D eigenvalue weighted by molar-refractivity contribution is 5.93. The lowest BCUT2D eigenvalue weighted by molar-refractivity contribution is 0.297. The largest absolute Gasteiger partial charge is 0.490 e. The number of aryl methyl sites for hydroxylation is 1. The van der Waals surface area contributed by atoms with Gasteiger partial charge in [-0.1, -0.05) is 0 Å². The van der Waals surface area contributed by atoms with Crippen molar-refractivity contribution >= 4 is 16.6 Å². The van der Waals surface area contributed by atoms with Crippen molar-refractivity contribution in [3.05, 3.63) is 23.9 Å². The van der Waals surface area contributed by atoms with Crippen LogP contribution in [0.5, 0.6) is 11.5 Å². The van der Waals surface area contributed by atoms with Crippen molar-refractivity contribution in [3.63, 3.8) is 0 Å². The smallest absolute Gasteiger partial charge is 0.163 e. The molecule has 19 heavy (non-hydrogen) atoms. The standard InChI is InChI=1S/C15H18N2O2/c1-3-16-12-7-10(2)17-13-9-15-14(8-11(12)13)18-5-4-6-19-15/h7-9H,3-6H2,1-2H3,(H,16,17). The highest BCUT2D eigenvalue weighted by Gasteiger charge is 2.14. The minimum atomic E-state index is 0.699. The fourth-order valence-corrected chi connectivity index (χ4v) is 2.35. The lowest BCUT2D eigenvalue weighted by atomic mass is 10.1. The fraction of sp³-hybridized carbons (Fsp3) is 0.400. The highest BCUT2D eigenvalue weighted by Crippen LogP contribution is 2.36. The van der Waals surface area contributed by atoms with Gasteiger partial charge in [-0.3, -0.25) is 4.98 Å². The van der Waals surface area contributed by atoms with E-state index in [0.29, 0.717) is 13.2 Å². The molecule has 4 heteroatoms. The van der Waals surface area contributed by atoms with Crippen LogP contribution in [0.1, 0.15) is 19.0 Å². The van der Waals surface area contributed by atoms with Crippen LogP contribution in [-0.4, -0.2) is 24.7 Å². The fourth-order valence-electron chi connectivity index (χ4n) is 2.35. The molecule has 2 heterocycles. The van der Waals surface area contributed by atoms with Gasteiger partial charge in [0.25, 0.3) is 0 Å². The first-order valence-corrected chi connectivity index (χ1v) is 6.73. The van der Waals surface area contributed by atoms with E-state index in [2.05, 4.69) is 23.3 Å². The summed E-state index contributed by atoms with van der Waals surface area (Å²) in [4.78, 5) is 4.58. The number of pyridine rings is 1. The lowest BCUT2D eigenvalue weighted by Gasteiger charge is -2.13. The third-order valence-electron chi connectivity index (χ3n) is 3.17. The van der Waals surface area contributed by atoms with E-state index in [-0.39, 0.29) is 0 Å². The Labute approximate surface area is 112 Å². The topological polar surface area (TPSA) is 43.4 Å². The summed E-state index contributed by atoms with van der Waals surface area (Å²) in [7, 11) is 0. The molecule has 1 aliphatic heterocycles. The molecule has 0 fully saturated rings. The number of ether oxygens (including phenoxy) is 2. The lowest BCUT2D eigenvalue weighted by Crippen LogP contribution is -2.00. The number of nitrogens with zero attached hydrogens (tertiary/aromatic N) is 1. The molecule has 0 amide bonds. The summed E-state index contributed by atoms with van der Waals surface area (Å²) in [5.41, 5.74) is 3.04. The second-order valence-electron chi connectivity index (χ2n) is 4.71. The van der Waals surface area contributed by atoms with Crippen molar-refractivity contribution in [2.45, 2.75) is 20.3 Å². The van der Waals surface area contributed by atoms with Gasteiger partial charge >= 0.3 is 0 Å². The number of anilines is 1. The van der Waals surface area contributed by atoms with Gasteiger partial charge in [-0.05, 0) is 26.0 Å². The van der Waals surface area contributed by atoms with Crippen LogP contribution in [0.4, 0.5) is 5.69 Å². The molecule has 1 aromatic heterocycles. The molecule has 0 radical (unpaired) electrons. The van der Waals surface area contributed by atoms with Crippen molar-refractivity contribution in [3.8, 4) is 11.5 Å². The molecule has 4 nitrogen and oxygen atoms in total. The number of benzene rings is 1. The van der Waals surface area contributed by atoms with Crippen LogP contribution in [0, 0.1) is 6.92 Å². The molecule has 0 unspecified atom stereocenters. The Kier molecular flexibility index (Phi) is 3.15. The summed E-state index contributed by atoms with van der Waals surface area (Å²) < 4.78 is 11.5. The van der Waals surface area contributed by atoms with Gasteiger partial charge in [0.1, 0.15) is 0 Å². The van der Waals surface area contributed by atoms with Gasteiger partial charge < -0.3 is 14.8 Å². The molecule has 0 saturated carbocycles. The number of rotatable bonds is 2. The molecule has 2 aromatic rings. The molecule has 0 atom stereocenters. The van der Waals surface area contributed by atoms with E-state index >= 15 is 0 Å². The Morgan fingerprint density at radius 1 is 1.16 bits per heavy atom. The van der Waals surface area contributed by atoms with Crippen molar-refractivity contribution in [1.82, 2.24) is 4.98 Å². The van der Waals surface area contributed by atoms with Crippen LogP contribution < -0.4 is 14.8 Å². The van der Waals surface area contributed by atoms with Crippen LogP contribution in [0.25, 0.3) is 10.9 Å². The molecule has 1 aliphatic rings. The second-order valence-corrected chi connectivity index (χ2v) is 4.71. The Morgan fingerprint density at radius 2 is 1.89 bits per heavy atom. The molecule has 0 spiro atoms. The normalized spacial score (nSPS) is 14.2. The monoisotopic (exact) mass is 258 g/mol. The first-order chi connectivity index (χ1) is 9.28. The predicted octanol–water partition coefficient (Wildman–Crippen LogP) is 3.14. The SMILES string of the molecule is CCNc1cc(C)nc2cc3c(cc12)OCCCO3. The zero-order chi connectivity index (χ0) is 13.2. The number of fused-ring (bicyclic) bond motifs is 2. The number of aromatic nitrogens is 1. The van der Waals surface area contributed by atoms with Gasteiger partial charge in [-0.25, -0.2) is 0 Å². The Balaban J connectivity index is 2.19. The van der Waals surface area contributed by atoms with Gasteiger partial charge in [0, 0.05) is 35.8 Å².